The summed E-state index contributed by atoms with van der Waals surface area (Å²) >= 11 is 0. The van der Waals surface area contributed by atoms with E-state index in [1.165, 1.54) is 10.7 Å². The van der Waals surface area contributed by atoms with Crippen molar-refractivity contribution in [1.29, 1.82) is 5.26 Å². The van der Waals surface area contributed by atoms with Gasteiger partial charge in [0.25, 0.3) is 5.56 Å². The van der Waals surface area contributed by atoms with E-state index in [1.807, 2.05) is 44.2 Å². The molecule has 5 nitrogen and oxygen atoms in total. The van der Waals surface area contributed by atoms with E-state index >= 15 is 0 Å². The van der Waals surface area contributed by atoms with Gasteiger partial charge in [-0.1, -0.05) is 25.5 Å². The fourth-order valence-corrected chi connectivity index (χ4v) is 2.17. The van der Waals surface area contributed by atoms with Gasteiger partial charge in [0, 0.05) is 12.1 Å². The van der Waals surface area contributed by atoms with Gasteiger partial charge in [-0.2, -0.15) is 10.4 Å². The molecule has 0 fully saturated rings. The maximum absolute atomic E-state index is 12.1. The van der Waals surface area contributed by atoms with Crippen LogP contribution in [0.3, 0.4) is 0 Å². The van der Waals surface area contributed by atoms with Gasteiger partial charge in [-0.05, 0) is 31.5 Å². The summed E-state index contributed by atoms with van der Waals surface area (Å²) < 4.78 is 6.98. The van der Waals surface area contributed by atoms with Crippen LogP contribution in [0, 0.1) is 11.3 Å². The van der Waals surface area contributed by atoms with E-state index in [4.69, 9.17) is 4.74 Å². The van der Waals surface area contributed by atoms with Crippen LogP contribution in [-0.4, -0.2) is 16.4 Å². The first kappa shape index (κ1) is 15.8. The summed E-state index contributed by atoms with van der Waals surface area (Å²) in [6.45, 7) is 5.00. The molecule has 0 N–H and O–H groups in total. The van der Waals surface area contributed by atoms with E-state index in [2.05, 4.69) is 5.10 Å². The third-order valence-corrected chi connectivity index (χ3v) is 3.28. The van der Waals surface area contributed by atoms with Crippen LogP contribution >= 0.6 is 0 Å². The van der Waals surface area contributed by atoms with E-state index in [0.717, 1.165) is 18.4 Å². The Bertz CT molecular complexity index is 744. The standard InChI is InChI=1S/C17H19N3O2/c1-3-5-10-20-17(21)13(12-18)11-15(19-20)14-8-6-7-9-16(14)22-4-2/h6-9,11H,3-5,10H2,1-2H3. The number of hydrogen-bond donors (Lipinski definition) is 0. The highest BCUT2D eigenvalue weighted by molar-refractivity contribution is 5.67. The van der Waals surface area contributed by atoms with Crippen molar-refractivity contribution in [3.8, 4) is 23.1 Å². The van der Waals surface area contributed by atoms with Gasteiger partial charge >= 0.3 is 0 Å². The van der Waals surface area contributed by atoms with Gasteiger partial charge in [0.1, 0.15) is 17.4 Å². The summed E-state index contributed by atoms with van der Waals surface area (Å²) in [5.74, 6) is 0.696. The molecule has 0 unspecified atom stereocenters. The Kier molecular flexibility index (Phi) is 5.31. The maximum Gasteiger partial charge on any atom is 0.284 e. The van der Waals surface area contributed by atoms with Crippen molar-refractivity contribution < 1.29 is 4.74 Å². The van der Waals surface area contributed by atoms with Crippen LogP contribution in [0.4, 0.5) is 0 Å². The highest BCUT2D eigenvalue weighted by atomic mass is 16.5. The van der Waals surface area contributed by atoms with Crippen LogP contribution in [-0.2, 0) is 6.54 Å². The second kappa shape index (κ2) is 7.41. The van der Waals surface area contributed by atoms with E-state index < -0.39 is 0 Å². The fraction of sp³-hybridized carbons (Fsp3) is 0.353. The van der Waals surface area contributed by atoms with Gasteiger partial charge in [-0.15, -0.1) is 0 Å². The summed E-state index contributed by atoms with van der Waals surface area (Å²) in [4.78, 5) is 12.1. The lowest BCUT2D eigenvalue weighted by Crippen LogP contribution is -2.25. The average molecular weight is 297 g/mol. The van der Waals surface area contributed by atoms with Gasteiger partial charge in [0.2, 0.25) is 0 Å². The number of para-hydroxylation sites is 1. The minimum atomic E-state index is -0.339. The van der Waals surface area contributed by atoms with Crippen LogP contribution in [0.2, 0.25) is 0 Å². The van der Waals surface area contributed by atoms with Gasteiger partial charge in [-0.25, -0.2) is 4.68 Å². The summed E-state index contributed by atoms with van der Waals surface area (Å²) in [6, 6.07) is 11.0. The Balaban J connectivity index is 2.56. The lowest BCUT2D eigenvalue weighted by Gasteiger charge is -2.11. The Labute approximate surface area is 129 Å². The van der Waals surface area contributed by atoms with E-state index in [9.17, 15) is 10.1 Å². The first-order valence-corrected chi connectivity index (χ1v) is 7.45. The summed E-state index contributed by atoms with van der Waals surface area (Å²) in [5.41, 5.74) is 1.13. The summed E-state index contributed by atoms with van der Waals surface area (Å²) in [5, 5.41) is 13.6. The quantitative estimate of drug-likeness (QED) is 0.822. The number of nitriles is 1. The van der Waals surface area contributed by atoms with Crippen molar-refractivity contribution in [2.24, 2.45) is 0 Å². The molecular formula is C17H19N3O2. The number of benzene rings is 1. The van der Waals surface area contributed by atoms with Crippen LogP contribution in [0.5, 0.6) is 5.75 Å². The zero-order valence-electron chi connectivity index (χ0n) is 12.9. The molecule has 0 saturated carbocycles. The fourth-order valence-electron chi connectivity index (χ4n) is 2.17. The molecule has 0 radical (unpaired) electrons. The van der Waals surface area contributed by atoms with E-state index in [-0.39, 0.29) is 11.1 Å². The second-order valence-electron chi connectivity index (χ2n) is 4.87. The number of nitrogens with zero attached hydrogens (tertiary/aromatic N) is 3. The van der Waals surface area contributed by atoms with E-state index in [1.54, 1.807) is 0 Å². The predicted octanol–water partition coefficient (Wildman–Crippen LogP) is 2.98. The lowest BCUT2D eigenvalue weighted by atomic mass is 10.1. The molecule has 0 spiro atoms. The van der Waals surface area contributed by atoms with Crippen molar-refractivity contribution in [3.63, 3.8) is 0 Å². The van der Waals surface area contributed by atoms with Crippen LogP contribution in [0.1, 0.15) is 32.3 Å². The smallest absolute Gasteiger partial charge is 0.284 e. The van der Waals surface area contributed by atoms with Gasteiger partial charge in [0.05, 0.1) is 12.3 Å². The minimum absolute atomic E-state index is 0.104. The molecule has 5 heteroatoms. The lowest BCUT2D eigenvalue weighted by molar-refractivity contribution is 0.341. The van der Waals surface area contributed by atoms with Crippen LogP contribution in [0.25, 0.3) is 11.3 Å². The number of rotatable bonds is 6. The first-order valence-electron chi connectivity index (χ1n) is 7.45. The molecule has 2 aromatic rings. The topological polar surface area (TPSA) is 67.9 Å². The normalized spacial score (nSPS) is 10.2. The summed E-state index contributed by atoms with van der Waals surface area (Å²) in [7, 11) is 0. The molecule has 0 bridgehead atoms. The molecule has 0 amide bonds. The van der Waals surface area contributed by atoms with Gasteiger partial charge < -0.3 is 4.74 Å². The molecular weight excluding hydrogens is 278 g/mol. The number of aryl methyl sites for hydroxylation is 1. The van der Waals surface area contributed by atoms with Crippen molar-refractivity contribution in [2.45, 2.75) is 33.2 Å². The minimum Gasteiger partial charge on any atom is -0.493 e. The van der Waals surface area contributed by atoms with Crippen molar-refractivity contribution in [2.75, 3.05) is 6.61 Å². The Morgan fingerprint density at radius 3 is 2.77 bits per heavy atom. The van der Waals surface area contributed by atoms with Crippen molar-refractivity contribution >= 4 is 0 Å². The number of hydrogen-bond acceptors (Lipinski definition) is 4. The molecule has 0 aliphatic rings. The van der Waals surface area contributed by atoms with Gasteiger partial charge in [-0.3, -0.25) is 4.79 Å². The molecule has 1 heterocycles. The van der Waals surface area contributed by atoms with Crippen molar-refractivity contribution in [1.82, 2.24) is 9.78 Å². The summed E-state index contributed by atoms with van der Waals surface area (Å²) in [6.07, 6.45) is 1.80. The van der Waals surface area contributed by atoms with Crippen LogP contribution in [0.15, 0.2) is 35.1 Å². The third-order valence-electron chi connectivity index (χ3n) is 3.28. The predicted molar refractivity (Wildman–Crippen MR) is 84.7 cm³/mol. The molecule has 0 aliphatic carbocycles. The molecule has 1 aromatic carbocycles. The Hall–Kier alpha value is -2.61. The number of aromatic nitrogens is 2. The highest BCUT2D eigenvalue weighted by Crippen LogP contribution is 2.28. The molecule has 0 saturated heterocycles. The monoisotopic (exact) mass is 297 g/mol. The SMILES string of the molecule is CCCCn1nc(-c2ccccc2OCC)cc(C#N)c1=O. The Morgan fingerprint density at radius 2 is 2.09 bits per heavy atom. The second-order valence-corrected chi connectivity index (χ2v) is 4.87. The first-order chi connectivity index (χ1) is 10.7. The molecule has 1 aromatic heterocycles. The molecule has 0 atom stereocenters. The molecule has 0 aliphatic heterocycles. The molecule has 114 valence electrons. The Morgan fingerprint density at radius 1 is 1.32 bits per heavy atom. The number of ether oxygens (including phenoxy) is 1. The van der Waals surface area contributed by atoms with Crippen LogP contribution < -0.4 is 10.3 Å². The zero-order chi connectivity index (χ0) is 15.9. The zero-order valence-corrected chi connectivity index (χ0v) is 12.9. The van der Waals surface area contributed by atoms with Crippen molar-refractivity contribution in [3.05, 3.63) is 46.2 Å². The third kappa shape index (κ3) is 3.34. The van der Waals surface area contributed by atoms with Gasteiger partial charge in [0.15, 0.2) is 0 Å². The average Bonchev–Trinajstić information content (AvgIpc) is 2.55. The highest BCUT2D eigenvalue weighted by Gasteiger charge is 2.12. The number of unbranched alkanes of at least 4 members (excludes halogenated alkanes) is 1. The largest absolute Gasteiger partial charge is 0.493 e. The molecule has 2 rings (SSSR count). The maximum atomic E-state index is 12.1. The molecule has 22 heavy (non-hydrogen) atoms. The van der Waals surface area contributed by atoms with E-state index in [0.29, 0.717) is 24.6 Å².